The summed E-state index contributed by atoms with van der Waals surface area (Å²) in [4.78, 5) is 30.3. The second-order valence-electron chi connectivity index (χ2n) is 7.98. The zero-order chi connectivity index (χ0) is 19.5. The van der Waals surface area contributed by atoms with Crippen LogP contribution in [0.15, 0.2) is 36.8 Å². The van der Waals surface area contributed by atoms with E-state index in [1.807, 2.05) is 48.9 Å². The maximum Gasteiger partial charge on any atom is 0.253 e. The number of anilines is 3. The zero-order valence-electron chi connectivity index (χ0n) is 16.1. The number of hydrogen-bond donors (Lipinski definition) is 1. The lowest BCUT2D eigenvalue weighted by molar-refractivity contribution is -0.124. The van der Waals surface area contributed by atoms with Crippen LogP contribution in [0.4, 0.5) is 16.6 Å². The first-order valence-electron chi connectivity index (χ1n) is 9.45. The van der Waals surface area contributed by atoms with Crippen LogP contribution in [0.3, 0.4) is 0 Å². The van der Waals surface area contributed by atoms with Gasteiger partial charge in [0.25, 0.3) is 5.91 Å². The van der Waals surface area contributed by atoms with Crippen molar-refractivity contribution in [3.63, 3.8) is 0 Å². The number of carbonyl (C=O) groups is 1. The number of para-hydroxylation sites is 1. The van der Waals surface area contributed by atoms with Crippen LogP contribution in [-0.4, -0.2) is 45.5 Å². The molecule has 1 aromatic carbocycles. The molecule has 1 aliphatic heterocycles. The van der Waals surface area contributed by atoms with Crippen molar-refractivity contribution in [3.8, 4) is 0 Å². The molecular formula is C20H22N6OS. The van der Waals surface area contributed by atoms with Gasteiger partial charge in [-0.05, 0) is 38.8 Å². The lowest BCUT2D eigenvalue weighted by Crippen LogP contribution is -2.64. The highest BCUT2D eigenvalue weighted by molar-refractivity contribution is 7.22. The van der Waals surface area contributed by atoms with Gasteiger partial charge in [-0.15, -0.1) is 0 Å². The first-order chi connectivity index (χ1) is 13.4. The third-order valence-corrected chi connectivity index (χ3v) is 6.91. The maximum absolute atomic E-state index is 13.2. The van der Waals surface area contributed by atoms with Crippen LogP contribution in [0.25, 0.3) is 10.2 Å². The van der Waals surface area contributed by atoms with Crippen molar-refractivity contribution >= 4 is 44.1 Å². The van der Waals surface area contributed by atoms with Crippen LogP contribution in [0.5, 0.6) is 0 Å². The molecule has 0 bridgehead atoms. The summed E-state index contributed by atoms with van der Waals surface area (Å²) < 4.78 is 1.18. The molecule has 1 fully saturated rings. The Morgan fingerprint density at radius 2 is 2.04 bits per heavy atom. The lowest BCUT2D eigenvalue weighted by atomic mass is 9.83. The van der Waals surface area contributed by atoms with Crippen LogP contribution >= 0.6 is 11.3 Å². The van der Waals surface area contributed by atoms with Gasteiger partial charge in [0.05, 0.1) is 22.1 Å². The van der Waals surface area contributed by atoms with Crippen molar-refractivity contribution in [2.75, 3.05) is 22.2 Å². The molecule has 1 aliphatic carbocycles. The normalized spacial score (nSPS) is 23.5. The smallest absolute Gasteiger partial charge is 0.253 e. The number of likely N-dealkylation sites (N-methyl/N-ethyl adjacent to an activating group) is 1. The molecule has 7 nitrogen and oxygen atoms in total. The summed E-state index contributed by atoms with van der Waals surface area (Å²) in [6, 6.07) is 8.60. The number of nitrogens with one attached hydrogen (secondary N) is 1. The Kier molecular flexibility index (Phi) is 3.80. The standard InChI is InChI=1S/C20H22N6OS/c1-20(2)18(27)26(17-15(25(20)3)10-21-11-22-17)13-8-12(9-13)23-19-24-14-6-4-5-7-16(14)28-19/h4-7,10-13H,8-9H2,1-3H3,(H,23,24). The van der Waals surface area contributed by atoms with E-state index in [0.717, 1.165) is 29.2 Å². The van der Waals surface area contributed by atoms with Crippen LogP contribution < -0.4 is 15.1 Å². The Morgan fingerprint density at radius 1 is 1.25 bits per heavy atom. The largest absolute Gasteiger partial charge is 0.359 e. The van der Waals surface area contributed by atoms with Gasteiger partial charge in [-0.3, -0.25) is 9.69 Å². The number of rotatable bonds is 3. The van der Waals surface area contributed by atoms with Gasteiger partial charge < -0.3 is 10.2 Å². The molecule has 1 saturated carbocycles. The summed E-state index contributed by atoms with van der Waals surface area (Å²) in [5.74, 6) is 0.801. The molecule has 8 heteroatoms. The molecule has 3 aromatic rings. The van der Waals surface area contributed by atoms with Crippen LogP contribution in [0.1, 0.15) is 26.7 Å². The third-order valence-electron chi connectivity index (χ3n) is 5.94. The Balaban J connectivity index is 1.35. The Labute approximate surface area is 167 Å². The summed E-state index contributed by atoms with van der Waals surface area (Å²) >= 11 is 1.67. The average Bonchev–Trinajstić information content (AvgIpc) is 3.07. The molecule has 0 spiro atoms. The van der Waals surface area contributed by atoms with Crippen LogP contribution in [-0.2, 0) is 4.79 Å². The quantitative estimate of drug-likeness (QED) is 0.735. The number of benzene rings is 1. The van der Waals surface area contributed by atoms with E-state index in [9.17, 15) is 4.79 Å². The van der Waals surface area contributed by atoms with Gasteiger partial charge in [0, 0.05) is 19.1 Å². The topological polar surface area (TPSA) is 74.2 Å². The fourth-order valence-electron chi connectivity index (χ4n) is 3.94. The Hall–Kier alpha value is -2.74. The highest BCUT2D eigenvalue weighted by Crippen LogP contribution is 2.42. The summed E-state index contributed by atoms with van der Waals surface area (Å²) in [5, 5.41) is 4.47. The lowest BCUT2D eigenvalue weighted by Gasteiger charge is -2.51. The minimum Gasteiger partial charge on any atom is -0.359 e. The van der Waals surface area contributed by atoms with Gasteiger partial charge in [0.1, 0.15) is 11.9 Å². The minimum absolute atomic E-state index is 0.0876. The number of carbonyl (C=O) groups excluding carboxylic acids is 1. The van der Waals surface area contributed by atoms with Gasteiger partial charge in [-0.2, -0.15) is 0 Å². The van der Waals surface area contributed by atoms with Crippen molar-refractivity contribution in [1.29, 1.82) is 0 Å². The molecule has 5 rings (SSSR count). The summed E-state index contributed by atoms with van der Waals surface area (Å²) in [5.41, 5.74) is 1.30. The number of aromatic nitrogens is 3. The van der Waals surface area contributed by atoms with Gasteiger partial charge in [-0.1, -0.05) is 23.5 Å². The maximum atomic E-state index is 13.2. The van der Waals surface area contributed by atoms with Crippen molar-refractivity contribution in [2.45, 2.75) is 44.3 Å². The fourth-order valence-corrected chi connectivity index (χ4v) is 4.88. The van der Waals surface area contributed by atoms with Crippen molar-refractivity contribution < 1.29 is 4.79 Å². The summed E-state index contributed by atoms with van der Waals surface area (Å²) in [7, 11) is 1.93. The van der Waals surface area contributed by atoms with E-state index in [4.69, 9.17) is 0 Å². The second kappa shape index (κ2) is 6.13. The summed E-state index contributed by atoms with van der Waals surface area (Å²) in [6.45, 7) is 3.90. The van der Waals surface area contributed by atoms with Gasteiger partial charge >= 0.3 is 0 Å². The minimum atomic E-state index is -0.622. The Bertz CT molecular complexity index is 1020. The van der Waals surface area contributed by atoms with E-state index >= 15 is 0 Å². The third kappa shape index (κ3) is 2.55. The van der Waals surface area contributed by atoms with E-state index in [0.29, 0.717) is 11.9 Å². The Morgan fingerprint density at radius 3 is 2.82 bits per heavy atom. The average molecular weight is 395 g/mol. The van der Waals surface area contributed by atoms with Crippen molar-refractivity contribution in [1.82, 2.24) is 15.0 Å². The number of fused-ring (bicyclic) bond motifs is 2. The number of nitrogens with zero attached hydrogens (tertiary/aromatic N) is 5. The number of hydrogen-bond acceptors (Lipinski definition) is 7. The predicted molar refractivity (Wildman–Crippen MR) is 112 cm³/mol. The SMILES string of the molecule is CN1c2cncnc2N(C2CC(Nc3nc4ccccc4s3)C2)C(=O)C1(C)C. The second-order valence-corrected chi connectivity index (χ2v) is 9.01. The molecule has 0 saturated heterocycles. The first kappa shape index (κ1) is 17.4. The van der Waals surface area contributed by atoms with E-state index < -0.39 is 5.54 Å². The monoisotopic (exact) mass is 394 g/mol. The van der Waals surface area contributed by atoms with Crippen molar-refractivity contribution in [2.24, 2.45) is 0 Å². The van der Waals surface area contributed by atoms with Gasteiger partial charge in [0.2, 0.25) is 0 Å². The predicted octanol–water partition coefficient (Wildman–Crippen LogP) is 3.29. The molecule has 0 atom stereocenters. The highest BCUT2D eigenvalue weighted by Gasteiger charge is 2.49. The van der Waals surface area contributed by atoms with Crippen LogP contribution in [0, 0.1) is 0 Å². The van der Waals surface area contributed by atoms with Crippen molar-refractivity contribution in [3.05, 3.63) is 36.8 Å². The van der Waals surface area contributed by atoms with E-state index in [2.05, 4.69) is 26.3 Å². The zero-order valence-corrected chi connectivity index (χ0v) is 16.9. The highest BCUT2D eigenvalue weighted by atomic mass is 32.1. The number of amides is 1. The van der Waals surface area contributed by atoms with E-state index in [-0.39, 0.29) is 11.9 Å². The molecule has 0 unspecified atom stereocenters. The molecule has 0 radical (unpaired) electrons. The molecule has 2 aromatic heterocycles. The van der Waals surface area contributed by atoms with E-state index in [1.165, 1.54) is 11.0 Å². The molecule has 144 valence electrons. The molecule has 1 N–H and O–H groups in total. The van der Waals surface area contributed by atoms with E-state index in [1.54, 1.807) is 17.5 Å². The number of thiazole rings is 1. The van der Waals surface area contributed by atoms with Gasteiger partial charge in [-0.25, -0.2) is 15.0 Å². The molecule has 1 amide bonds. The fraction of sp³-hybridized carbons (Fsp3) is 0.400. The summed E-state index contributed by atoms with van der Waals surface area (Å²) in [6.07, 6.45) is 5.07. The molecule has 3 heterocycles. The molecule has 2 aliphatic rings. The molecular weight excluding hydrogens is 372 g/mol. The first-order valence-corrected chi connectivity index (χ1v) is 10.3. The molecule has 28 heavy (non-hydrogen) atoms. The van der Waals surface area contributed by atoms with Gasteiger partial charge in [0.15, 0.2) is 10.9 Å². The van der Waals surface area contributed by atoms with Crippen LogP contribution in [0.2, 0.25) is 0 Å².